The number of aryl methyl sites for hydroxylation is 3. The topological polar surface area (TPSA) is 101 Å². The Hall–Kier alpha value is -2.61. The Bertz CT molecular complexity index is 760. The summed E-state index contributed by atoms with van der Waals surface area (Å²) in [6, 6.07) is 3.80. The van der Waals surface area contributed by atoms with Gasteiger partial charge in [-0.1, -0.05) is 17.3 Å². The standard InChI is InChI=1S/C18H24N4O4/c1-11-6-14(7-12(2)17(11)23)4-5-19-18(24)22-8-15(9-22)25-10-16-20-13(3)21-26-16/h6-7,15,23H,4-5,8-10H2,1-3H3,(H,19,24). The summed E-state index contributed by atoms with van der Waals surface area (Å²) in [7, 11) is 0. The zero-order valence-electron chi connectivity index (χ0n) is 15.3. The van der Waals surface area contributed by atoms with Crippen molar-refractivity contribution in [2.75, 3.05) is 19.6 Å². The predicted octanol–water partition coefficient (Wildman–Crippen LogP) is 1.85. The van der Waals surface area contributed by atoms with E-state index in [1.54, 1.807) is 11.8 Å². The number of aromatic nitrogens is 2. The lowest BCUT2D eigenvalue weighted by Crippen LogP contribution is -2.57. The zero-order chi connectivity index (χ0) is 18.7. The zero-order valence-corrected chi connectivity index (χ0v) is 15.3. The van der Waals surface area contributed by atoms with Gasteiger partial charge in [-0.15, -0.1) is 0 Å². The molecule has 2 amide bonds. The van der Waals surface area contributed by atoms with Crippen molar-refractivity contribution in [3.05, 3.63) is 40.5 Å². The number of phenolic OH excluding ortho intramolecular Hbond substituents is 1. The van der Waals surface area contributed by atoms with Crippen LogP contribution < -0.4 is 5.32 Å². The number of nitrogens with zero attached hydrogens (tertiary/aromatic N) is 3. The fourth-order valence-corrected chi connectivity index (χ4v) is 2.91. The highest BCUT2D eigenvalue weighted by Gasteiger charge is 2.31. The predicted molar refractivity (Wildman–Crippen MR) is 93.9 cm³/mol. The molecular formula is C18H24N4O4. The summed E-state index contributed by atoms with van der Waals surface area (Å²) in [5.74, 6) is 1.36. The second-order valence-electron chi connectivity index (χ2n) is 6.63. The summed E-state index contributed by atoms with van der Waals surface area (Å²) in [6.45, 7) is 7.42. The van der Waals surface area contributed by atoms with Crippen molar-refractivity contribution in [3.63, 3.8) is 0 Å². The normalized spacial score (nSPS) is 14.3. The molecule has 1 aromatic carbocycles. The molecule has 0 saturated carbocycles. The molecule has 8 nitrogen and oxygen atoms in total. The first-order valence-corrected chi connectivity index (χ1v) is 8.65. The van der Waals surface area contributed by atoms with Crippen LogP contribution in [0.25, 0.3) is 0 Å². The van der Waals surface area contributed by atoms with E-state index in [4.69, 9.17) is 9.26 Å². The molecule has 0 unspecified atom stereocenters. The van der Waals surface area contributed by atoms with Crippen LogP contribution in [0.3, 0.4) is 0 Å². The molecule has 1 aliphatic rings. The van der Waals surface area contributed by atoms with Crippen molar-refractivity contribution in [2.45, 2.75) is 39.9 Å². The third kappa shape index (κ3) is 4.32. The average molecular weight is 360 g/mol. The molecule has 140 valence electrons. The van der Waals surface area contributed by atoms with Gasteiger partial charge in [-0.2, -0.15) is 4.98 Å². The van der Waals surface area contributed by atoms with Crippen molar-refractivity contribution in [1.82, 2.24) is 20.4 Å². The van der Waals surface area contributed by atoms with Crippen LogP contribution in [0, 0.1) is 20.8 Å². The molecule has 2 aromatic rings. The third-order valence-electron chi connectivity index (χ3n) is 4.39. The fourth-order valence-electron chi connectivity index (χ4n) is 2.91. The van der Waals surface area contributed by atoms with E-state index in [-0.39, 0.29) is 18.7 Å². The Morgan fingerprint density at radius 3 is 2.65 bits per heavy atom. The van der Waals surface area contributed by atoms with Crippen LogP contribution in [-0.4, -0.2) is 51.9 Å². The summed E-state index contributed by atoms with van der Waals surface area (Å²) in [6.07, 6.45) is 0.716. The third-order valence-corrected chi connectivity index (χ3v) is 4.39. The van der Waals surface area contributed by atoms with Crippen LogP contribution >= 0.6 is 0 Å². The van der Waals surface area contributed by atoms with Gasteiger partial charge in [-0.3, -0.25) is 0 Å². The quantitative estimate of drug-likeness (QED) is 0.815. The number of nitrogens with one attached hydrogen (secondary N) is 1. The number of hydrogen-bond acceptors (Lipinski definition) is 6. The van der Waals surface area contributed by atoms with Gasteiger partial charge in [0.25, 0.3) is 5.89 Å². The van der Waals surface area contributed by atoms with E-state index in [0.29, 0.717) is 37.1 Å². The summed E-state index contributed by atoms with van der Waals surface area (Å²) in [5, 5.41) is 16.4. The van der Waals surface area contributed by atoms with Crippen LogP contribution in [0.5, 0.6) is 5.75 Å². The van der Waals surface area contributed by atoms with Gasteiger partial charge < -0.3 is 24.6 Å². The van der Waals surface area contributed by atoms with E-state index in [1.807, 2.05) is 26.0 Å². The van der Waals surface area contributed by atoms with Gasteiger partial charge in [0.2, 0.25) is 0 Å². The molecule has 2 N–H and O–H groups in total. The molecular weight excluding hydrogens is 336 g/mol. The number of phenols is 1. The van der Waals surface area contributed by atoms with E-state index in [2.05, 4.69) is 15.5 Å². The molecule has 2 heterocycles. The smallest absolute Gasteiger partial charge is 0.317 e. The molecule has 1 fully saturated rings. The Balaban J connectivity index is 1.35. The molecule has 0 bridgehead atoms. The lowest BCUT2D eigenvalue weighted by atomic mass is 10.0. The fraction of sp³-hybridized carbons (Fsp3) is 0.500. The number of ether oxygens (including phenoxy) is 1. The monoisotopic (exact) mass is 360 g/mol. The average Bonchev–Trinajstić information content (AvgIpc) is 2.96. The number of rotatable bonds is 6. The van der Waals surface area contributed by atoms with Gasteiger partial charge in [-0.25, -0.2) is 4.79 Å². The molecule has 0 atom stereocenters. The van der Waals surface area contributed by atoms with Gasteiger partial charge in [-0.05, 0) is 43.9 Å². The first-order valence-electron chi connectivity index (χ1n) is 8.65. The minimum Gasteiger partial charge on any atom is -0.507 e. The number of aromatic hydroxyl groups is 1. The van der Waals surface area contributed by atoms with Crippen LogP contribution in [0.1, 0.15) is 28.4 Å². The molecule has 8 heteroatoms. The molecule has 1 aliphatic heterocycles. The van der Waals surface area contributed by atoms with Gasteiger partial charge in [0, 0.05) is 6.54 Å². The van der Waals surface area contributed by atoms with Crippen LogP contribution in [0.15, 0.2) is 16.7 Å². The van der Waals surface area contributed by atoms with Crippen molar-refractivity contribution in [3.8, 4) is 5.75 Å². The number of amides is 2. The summed E-state index contributed by atoms with van der Waals surface area (Å²) in [5.41, 5.74) is 2.80. The van der Waals surface area contributed by atoms with E-state index < -0.39 is 0 Å². The minimum absolute atomic E-state index is 0.00430. The van der Waals surface area contributed by atoms with E-state index in [9.17, 15) is 9.90 Å². The maximum Gasteiger partial charge on any atom is 0.317 e. The molecule has 26 heavy (non-hydrogen) atoms. The minimum atomic E-state index is -0.0919. The van der Waals surface area contributed by atoms with Crippen molar-refractivity contribution in [2.24, 2.45) is 0 Å². The van der Waals surface area contributed by atoms with Gasteiger partial charge in [0.15, 0.2) is 5.82 Å². The molecule has 0 aliphatic carbocycles. The highest BCUT2D eigenvalue weighted by atomic mass is 16.5. The summed E-state index contributed by atoms with van der Waals surface area (Å²) in [4.78, 5) is 17.9. The molecule has 3 rings (SSSR count). The van der Waals surface area contributed by atoms with E-state index in [0.717, 1.165) is 23.1 Å². The number of carbonyl (C=O) groups excluding carboxylic acids is 1. The lowest BCUT2D eigenvalue weighted by molar-refractivity contribution is -0.0515. The Morgan fingerprint density at radius 1 is 1.35 bits per heavy atom. The van der Waals surface area contributed by atoms with Gasteiger partial charge >= 0.3 is 6.03 Å². The van der Waals surface area contributed by atoms with Gasteiger partial charge in [0.05, 0.1) is 19.2 Å². The SMILES string of the molecule is Cc1noc(COC2CN(C(=O)NCCc3cc(C)c(O)c(C)c3)C2)n1. The number of likely N-dealkylation sites (tertiary alicyclic amines) is 1. The Labute approximate surface area is 152 Å². The molecule has 0 radical (unpaired) electrons. The van der Waals surface area contributed by atoms with Crippen molar-refractivity contribution in [1.29, 1.82) is 0 Å². The highest BCUT2D eigenvalue weighted by molar-refractivity contribution is 5.75. The summed E-state index contributed by atoms with van der Waals surface area (Å²) < 4.78 is 10.6. The van der Waals surface area contributed by atoms with Crippen molar-refractivity contribution < 1.29 is 19.2 Å². The Kier molecular flexibility index (Phi) is 5.41. The number of carbonyl (C=O) groups is 1. The first-order chi connectivity index (χ1) is 12.4. The number of benzene rings is 1. The number of hydrogen-bond donors (Lipinski definition) is 2. The largest absolute Gasteiger partial charge is 0.507 e. The molecule has 1 saturated heterocycles. The molecule has 0 spiro atoms. The van der Waals surface area contributed by atoms with E-state index in [1.165, 1.54) is 0 Å². The second kappa shape index (κ2) is 7.74. The lowest BCUT2D eigenvalue weighted by Gasteiger charge is -2.38. The van der Waals surface area contributed by atoms with E-state index >= 15 is 0 Å². The maximum atomic E-state index is 12.1. The summed E-state index contributed by atoms with van der Waals surface area (Å²) >= 11 is 0. The van der Waals surface area contributed by atoms with Crippen LogP contribution in [0.4, 0.5) is 4.79 Å². The first kappa shape index (κ1) is 18.2. The molecule has 1 aromatic heterocycles. The maximum absolute atomic E-state index is 12.1. The van der Waals surface area contributed by atoms with Gasteiger partial charge in [0.1, 0.15) is 12.4 Å². The number of urea groups is 1. The van der Waals surface area contributed by atoms with Crippen LogP contribution in [-0.2, 0) is 17.8 Å². The Morgan fingerprint density at radius 2 is 2.04 bits per heavy atom. The van der Waals surface area contributed by atoms with Crippen LogP contribution in [0.2, 0.25) is 0 Å². The van der Waals surface area contributed by atoms with Crippen molar-refractivity contribution >= 4 is 6.03 Å². The highest BCUT2D eigenvalue weighted by Crippen LogP contribution is 2.23. The second-order valence-corrected chi connectivity index (χ2v) is 6.63.